The molecule has 0 aliphatic rings. The van der Waals surface area contributed by atoms with Gasteiger partial charge in [0.25, 0.3) is 5.56 Å². The number of nitrogens with zero attached hydrogens (tertiary/aromatic N) is 1. The topological polar surface area (TPSA) is 54.9 Å². The van der Waals surface area contributed by atoms with Crippen LogP contribution < -0.4 is 11.2 Å². The first-order valence-corrected chi connectivity index (χ1v) is 7.19. The lowest BCUT2D eigenvalue weighted by atomic mass is 10.0. The summed E-state index contributed by atoms with van der Waals surface area (Å²) in [5.41, 5.74) is 0.321. The Bertz CT molecular complexity index is 891. The predicted octanol–water partition coefficient (Wildman–Crippen LogP) is 2.34. The Kier molecular flexibility index (Phi) is 3.43. The zero-order chi connectivity index (χ0) is 14.1. The van der Waals surface area contributed by atoms with Gasteiger partial charge < -0.3 is 0 Å². The highest BCUT2D eigenvalue weighted by atomic mass is 127. The van der Waals surface area contributed by atoms with Crippen molar-refractivity contribution in [2.24, 2.45) is 0 Å². The number of benzene rings is 2. The van der Waals surface area contributed by atoms with E-state index in [9.17, 15) is 9.59 Å². The number of hydrogen-bond donors (Lipinski definition) is 1. The molecule has 1 N–H and O–H groups in total. The molecule has 5 heteroatoms. The number of fused-ring (bicyclic) bond motifs is 1. The van der Waals surface area contributed by atoms with E-state index in [1.807, 2.05) is 65.1 Å². The second-order valence-corrected chi connectivity index (χ2v) is 5.66. The SMILES string of the molecule is O=c1[nH]c(=O)n(Cc2cccc3ccccc23)cc1I. The van der Waals surface area contributed by atoms with E-state index >= 15 is 0 Å². The molecule has 0 spiro atoms. The maximum absolute atomic E-state index is 11.8. The molecule has 0 aliphatic carbocycles. The lowest BCUT2D eigenvalue weighted by Crippen LogP contribution is -2.31. The number of aromatic nitrogens is 2. The lowest BCUT2D eigenvalue weighted by molar-refractivity contribution is 0.719. The van der Waals surface area contributed by atoms with Crippen LogP contribution in [-0.2, 0) is 6.54 Å². The molecule has 0 atom stereocenters. The van der Waals surface area contributed by atoms with Crippen molar-refractivity contribution in [2.75, 3.05) is 0 Å². The molecule has 0 amide bonds. The van der Waals surface area contributed by atoms with Crippen LogP contribution in [0.1, 0.15) is 5.56 Å². The molecule has 20 heavy (non-hydrogen) atoms. The summed E-state index contributed by atoms with van der Waals surface area (Å²) < 4.78 is 2.02. The standard InChI is InChI=1S/C15H11IN2O2/c16-13-9-18(15(20)17-14(13)19)8-11-6-3-5-10-4-1-2-7-12(10)11/h1-7,9H,8H2,(H,17,19,20). The van der Waals surface area contributed by atoms with E-state index in [4.69, 9.17) is 0 Å². The van der Waals surface area contributed by atoms with Crippen LogP contribution in [0, 0.1) is 3.57 Å². The summed E-state index contributed by atoms with van der Waals surface area (Å²) in [6.07, 6.45) is 1.59. The van der Waals surface area contributed by atoms with E-state index in [0.717, 1.165) is 16.3 Å². The largest absolute Gasteiger partial charge is 0.328 e. The second-order valence-electron chi connectivity index (χ2n) is 4.50. The van der Waals surface area contributed by atoms with Crippen molar-refractivity contribution in [3.05, 3.63) is 78.6 Å². The average Bonchev–Trinajstić information content (AvgIpc) is 2.45. The molecule has 100 valence electrons. The quantitative estimate of drug-likeness (QED) is 0.697. The van der Waals surface area contributed by atoms with Crippen LogP contribution in [0.3, 0.4) is 0 Å². The van der Waals surface area contributed by atoms with Crippen LogP contribution in [0.5, 0.6) is 0 Å². The Balaban J connectivity index is 2.13. The van der Waals surface area contributed by atoms with Gasteiger partial charge in [-0.05, 0) is 38.9 Å². The van der Waals surface area contributed by atoms with Crippen LogP contribution in [0.15, 0.2) is 58.3 Å². The number of nitrogens with one attached hydrogen (secondary N) is 1. The Hall–Kier alpha value is -1.89. The van der Waals surface area contributed by atoms with E-state index in [0.29, 0.717) is 10.1 Å². The first-order valence-electron chi connectivity index (χ1n) is 6.11. The summed E-state index contributed by atoms with van der Waals surface area (Å²) in [5, 5.41) is 2.25. The normalized spacial score (nSPS) is 10.8. The molecule has 0 aliphatic heterocycles. The van der Waals surface area contributed by atoms with Crippen LogP contribution in [0.25, 0.3) is 10.8 Å². The monoisotopic (exact) mass is 378 g/mol. The molecule has 0 bridgehead atoms. The van der Waals surface area contributed by atoms with Crippen molar-refractivity contribution < 1.29 is 0 Å². The molecule has 4 nitrogen and oxygen atoms in total. The van der Waals surface area contributed by atoms with Gasteiger partial charge in [0, 0.05) is 6.20 Å². The van der Waals surface area contributed by atoms with Gasteiger partial charge >= 0.3 is 5.69 Å². The van der Waals surface area contributed by atoms with Crippen molar-refractivity contribution in [3.63, 3.8) is 0 Å². The molecular weight excluding hydrogens is 367 g/mol. The van der Waals surface area contributed by atoms with Gasteiger partial charge in [-0.1, -0.05) is 42.5 Å². The summed E-state index contributed by atoms with van der Waals surface area (Å²) in [6.45, 7) is 0.437. The van der Waals surface area contributed by atoms with Gasteiger partial charge in [0.1, 0.15) is 0 Å². The zero-order valence-corrected chi connectivity index (χ0v) is 12.6. The summed E-state index contributed by atoms with van der Waals surface area (Å²) in [6, 6.07) is 14.0. The fourth-order valence-electron chi connectivity index (χ4n) is 2.21. The van der Waals surface area contributed by atoms with Crippen molar-refractivity contribution >= 4 is 33.4 Å². The molecule has 0 radical (unpaired) electrons. The van der Waals surface area contributed by atoms with E-state index in [1.165, 1.54) is 4.57 Å². The molecular formula is C15H11IN2O2. The molecule has 0 unspecified atom stereocenters. The average molecular weight is 378 g/mol. The molecule has 3 rings (SSSR count). The first kappa shape index (κ1) is 13.1. The molecule has 0 saturated carbocycles. The maximum atomic E-state index is 11.8. The van der Waals surface area contributed by atoms with Gasteiger partial charge in [-0.25, -0.2) is 4.79 Å². The highest BCUT2D eigenvalue weighted by Gasteiger charge is 2.05. The minimum atomic E-state index is -0.386. The minimum Gasteiger partial charge on any atom is -0.295 e. The fourth-order valence-corrected chi connectivity index (χ4v) is 2.69. The van der Waals surface area contributed by atoms with Crippen molar-refractivity contribution in [3.8, 4) is 0 Å². The highest BCUT2D eigenvalue weighted by molar-refractivity contribution is 14.1. The van der Waals surface area contributed by atoms with Gasteiger partial charge in [-0.15, -0.1) is 0 Å². The highest BCUT2D eigenvalue weighted by Crippen LogP contribution is 2.18. The minimum absolute atomic E-state index is 0.343. The van der Waals surface area contributed by atoms with Crippen LogP contribution >= 0.6 is 22.6 Å². The van der Waals surface area contributed by atoms with Gasteiger partial charge in [0.15, 0.2) is 0 Å². The summed E-state index contributed by atoms with van der Waals surface area (Å²) in [4.78, 5) is 25.5. The van der Waals surface area contributed by atoms with Crippen molar-refractivity contribution in [2.45, 2.75) is 6.54 Å². The molecule has 1 heterocycles. The smallest absolute Gasteiger partial charge is 0.295 e. The Morgan fingerprint density at radius 3 is 2.65 bits per heavy atom. The van der Waals surface area contributed by atoms with E-state index in [2.05, 4.69) is 4.98 Å². The second kappa shape index (κ2) is 5.24. The molecule has 3 aromatic rings. The fraction of sp³-hybridized carbons (Fsp3) is 0.0667. The van der Waals surface area contributed by atoms with Crippen LogP contribution in [-0.4, -0.2) is 9.55 Å². The molecule has 2 aromatic carbocycles. The third-order valence-electron chi connectivity index (χ3n) is 3.19. The Morgan fingerprint density at radius 2 is 1.80 bits per heavy atom. The maximum Gasteiger partial charge on any atom is 0.328 e. The van der Waals surface area contributed by atoms with Gasteiger partial charge in [-0.2, -0.15) is 0 Å². The van der Waals surface area contributed by atoms with Gasteiger partial charge in [0.05, 0.1) is 10.1 Å². The number of aromatic amines is 1. The Labute approximate surface area is 128 Å². The number of halogens is 1. The van der Waals surface area contributed by atoms with Crippen LogP contribution in [0.2, 0.25) is 0 Å². The van der Waals surface area contributed by atoms with E-state index in [1.54, 1.807) is 6.20 Å². The lowest BCUT2D eigenvalue weighted by Gasteiger charge is -2.09. The van der Waals surface area contributed by atoms with Crippen molar-refractivity contribution in [1.29, 1.82) is 0 Å². The summed E-state index contributed by atoms with van der Waals surface area (Å²) in [7, 11) is 0. The molecule has 1 aromatic heterocycles. The van der Waals surface area contributed by atoms with Crippen molar-refractivity contribution in [1.82, 2.24) is 9.55 Å². The van der Waals surface area contributed by atoms with Crippen LogP contribution in [0.4, 0.5) is 0 Å². The van der Waals surface area contributed by atoms with Gasteiger partial charge in [-0.3, -0.25) is 14.3 Å². The number of rotatable bonds is 2. The molecule has 0 fully saturated rings. The van der Waals surface area contributed by atoms with E-state index in [-0.39, 0.29) is 11.2 Å². The summed E-state index contributed by atoms with van der Waals surface area (Å²) >= 11 is 1.92. The number of H-pyrrole nitrogens is 1. The zero-order valence-electron chi connectivity index (χ0n) is 10.5. The van der Waals surface area contributed by atoms with Gasteiger partial charge in [0.2, 0.25) is 0 Å². The third kappa shape index (κ3) is 2.40. The number of hydrogen-bond acceptors (Lipinski definition) is 2. The summed E-state index contributed by atoms with van der Waals surface area (Å²) in [5.74, 6) is 0. The Morgan fingerprint density at radius 1 is 1.05 bits per heavy atom. The molecule has 0 saturated heterocycles. The predicted molar refractivity (Wildman–Crippen MR) is 87.1 cm³/mol. The first-order chi connectivity index (χ1) is 9.65. The third-order valence-corrected chi connectivity index (χ3v) is 3.96. The van der Waals surface area contributed by atoms with E-state index < -0.39 is 0 Å².